The predicted octanol–water partition coefficient (Wildman–Crippen LogP) is 3.41. The topological polar surface area (TPSA) is 74.8 Å². The van der Waals surface area contributed by atoms with Gasteiger partial charge in [-0.25, -0.2) is 9.18 Å². The van der Waals surface area contributed by atoms with Gasteiger partial charge >= 0.3 is 6.09 Å². The number of halogens is 2. The molecule has 0 aliphatic carbocycles. The number of carbonyl (C=O) groups is 1. The quantitative estimate of drug-likeness (QED) is 0.343. The molecule has 3 N–H and O–H groups in total. The van der Waals surface area contributed by atoms with Gasteiger partial charge in [0.2, 0.25) is 0 Å². The van der Waals surface area contributed by atoms with E-state index in [2.05, 4.69) is 20.9 Å². The monoisotopic (exact) mass is 480 g/mol. The number of hydrogen-bond donors (Lipinski definition) is 3. The Morgan fingerprint density at radius 3 is 2.19 bits per heavy atom. The molecule has 26 heavy (non-hydrogen) atoms. The SMILES string of the molecule is CN=C(NCc1ccc(F)cc1)NCC(C)(C)NC(=O)OC(C)(C)C.I. The largest absolute Gasteiger partial charge is 0.444 e. The lowest BCUT2D eigenvalue weighted by Gasteiger charge is -2.29. The Labute approximate surface area is 172 Å². The first kappa shape index (κ1) is 24.4. The van der Waals surface area contributed by atoms with Gasteiger partial charge in [-0.1, -0.05) is 12.1 Å². The van der Waals surface area contributed by atoms with E-state index in [1.54, 1.807) is 19.2 Å². The Morgan fingerprint density at radius 1 is 1.12 bits per heavy atom. The minimum atomic E-state index is -0.541. The molecule has 0 saturated carbocycles. The first-order chi connectivity index (χ1) is 11.5. The zero-order valence-electron chi connectivity index (χ0n) is 16.3. The van der Waals surface area contributed by atoms with Crippen LogP contribution in [0.1, 0.15) is 40.2 Å². The molecule has 0 atom stereocenters. The molecule has 0 bridgehead atoms. The molecule has 1 rings (SSSR count). The number of benzene rings is 1. The average molecular weight is 480 g/mol. The van der Waals surface area contributed by atoms with Crippen LogP contribution in [0.2, 0.25) is 0 Å². The molecule has 0 saturated heterocycles. The summed E-state index contributed by atoms with van der Waals surface area (Å²) in [4.78, 5) is 16.0. The molecule has 0 aromatic heterocycles. The summed E-state index contributed by atoms with van der Waals surface area (Å²) in [6, 6.07) is 6.26. The molecule has 0 fully saturated rings. The number of guanidine groups is 1. The lowest BCUT2D eigenvalue weighted by atomic mass is 10.1. The average Bonchev–Trinajstić information content (AvgIpc) is 2.46. The van der Waals surface area contributed by atoms with Crippen LogP contribution in [0.25, 0.3) is 0 Å². The zero-order chi connectivity index (χ0) is 19.1. The van der Waals surface area contributed by atoms with Gasteiger partial charge in [0.1, 0.15) is 11.4 Å². The summed E-state index contributed by atoms with van der Waals surface area (Å²) in [5, 5.41) is 9.12. The Bertz CT molecular complexity index is 598. The van der Waals surface area contributed by atoms with Crippen LogP contribution in [0.4, 0.5) is 9.18 Å². The number of carbonyl (C=O) groups excluding carboxylic acids is 1. The van der Waals surface area contributed by atoms with Crippen molar-refractivity contribution in [2.45, 2.75) is 52.3 Å². The molecule has 6 nitrogen and oxygen atoms in total. The summed E-state index contributed by atoms with van der Waals surface area (Å²) in [6.45, 7) is 10.2. The smallest absolute Gasteiger partial charge is 0.408 e. The lowest BCUT2D eigenvalue weighted by Crippen LogP contribution is -2.54. The van der Waals surface area contributed by atoms with Gasteiger partial charge in [-0.05, 0) is 52.3 Å². The van der Waals surface area contributed by atoms with Crippen molar-refractivity contribution in [1.29, 1.82) is 0 Å². The second-order valence-electron chi connectivity index (χ2n) is 7.42. The van der Waals surface area contributed by atoms with Crippen molar-refractivity contribution in [3.8, 4) is 0 Å². The van der Waals surface area contributed by atoms with Crippen molar-refractivity contribution in [2.24, 2.45) is 4.99 Å². The second-order valence-corrected chi connectivity index (χ2v) is 7.42. The van der Waals surface area contributed by atoms with Crippen LogP contribution in [0, 0.1) is 5.82 Å². The van der Waals surface area contributed by atoms with Crippen LogP contribution in [0.5, 0.6) is 0 Å². The number of alkyl carbamates (subject to hydrolysis) is 1. The highest BCUT2D eigenvalue weighted by molar-refractivity contribution is 14.0. The minimum Gasteiger partial charge on any atom is -0.444 e. The van der Waals surface area contributed by atoms with Crippen molar-refractivity contribution in [1.82, 2.24) is 16.0 Å². The third-order valence-corrected chi connectivity index (χ3v) is 3.13. The first-order valence-corrected chi connectivity index (χ1v) is 8.21. The van der Waals surface area contributed by atoms with Gasteiger partial charge in [-0.3, -0.25) is 4.99 Å². The molecule has 148 valence electrons. The predicted molar refractivity (Wildman–Crippen MR) is 113 cm³/mol. The molecular formula is C18H30FIN4O2. The molecule has 0 unspecified atom stereocenters. The number of rotatable bonds is 5. The molecule has 0 spiro atoms. The molecule has 0 aliphatic rings. The highest BCUT2D eigenvalue weighted by Gasteiger charge is 2.24. The van der Waals surface area contributed by atoms with Crippen molar-refractivity contribution >= 4 is 36.0 Å². The van der Waals surface area contributed by atoms with Gasteiger partial charge in [0.15, 0.2) is 5.96 Å². The maximum atomic E-state index is 12.9. The van der Waals surface area contributed by atoms with Crippen LogP contribution in [0.15, 0.2) is 29.3 Å². The van der Waals surface area contributed by atoms with E-state index in [1.807, 2.05) is 34.6 Å². The molecule has 1 aromatic rings. The maximum absolute atomic E-state index is 12.9. The van der Waals surface area contributed by atoms with Gasteiger partial charge in [0, 0.05) is 20.1 Å². The van der Waals surface area contributed by atoms with E-state index in [1.165, 1.54) is 12.1 Å². The summed E-state index contributed by atoms with van der Waals surface area (Å²) in [5.41, 5.74) is -0.133. The van der Waals surface area contributed by atoms with E-state index in [0.29, 0.717) is 19.0 Å². The third-order valence-electron chi connectivity index (χ3n) is 3.13. The Hall–Kier alpha value is -1.58. The Kier molecular flexibility index (Phi) is 9.90. The van der Waals surface area contributed by atoms with Crippen LogP contribution >= 0.6 is 24.0 Å². The Balaban J connectivity index is 0.00000625. The summed E-state index contributed by atoms with van der Waals surface area (Å²) in [7, 11) is 1.66. The van der Waals surface area contributed by atoms with Crippen LogP contribution in [-0.4, -0.2) is 36.8 Å². The van der Waals surface area contributed by atoms with Crippen molar-refractivity contribution in [3.05, 3.63) is 35.6 Å². The number of amides is 1. The first-order valence-electron chi connectivity index (χ1n) is 8.21. The highest BCUT2D eigenvalue weighted by Crippen LogP contribution is 2.09. The standard InChI is InChI=1S/C18H29FN4O2.HI/c1-17(2,3)25-16(24)23-18(4,5)12-22-15(20-6)21-11-13-7-9-14(19)10-8-13;/h7-10H,11-12H2,1-6H3,(H,23,24)(H2,20,21,22);1H. The van der Waals surface area contributed by atoms with E-state index >= 15 is 0 Å². The fourth-order valence-electron chi connectivity index (χ4n) is 1.94. The normalized spacial score (nSPS) is 12.0. The molecule has 1 aromatic carbocycles. The Morgan fingerprint density at radius 2 is 1.69 bits per heavy atom. The molecule has 0 radical (unpaired) electrons. The fraction of sp³-hybridized carbons (Fsp3) is 0.556. The molecule has 8 heteroatoms. The maximum Gasteiger partial charge on any atom is 0.408 e. The molecule has 0 heterocycles. The van der Waals surface area contributed by atoms with E-state index in [9.17, 15) is 9.18 Å². The third kappa shape index (κ3) is 10.4. The number of hydrogen-bond acceptors (Lipinski definition) is 3. The van der Waals surface area contributed by atoms with Gasteiger partial charge in [-0.15, -0.1) is 24.0 Å². The van der Waals surface area contributed by atoms with Crippen LogP contribution < -0.4 is 16.0 Å². The number of nitrogens with one attached hydrogen (secondary N) is 3. The highest BCUT2D eigenvalue weighted by atomic mass is 127. The molecule has 1 amide bonds. The molecular weight excluding hydrogens is 450 g/mol. The van der Waals surface area contributed by atoms with E-state index in [4.69, 9.17) is 4.74 Å². The number of ether oxygens (including phenoxy) is 1. The van der Waals surface area contributed by atoms with Gasteiger partial charge in [0.05, 0.1) is 5.54 Å². The van der Waals surface area contributed by atoms with Crippen LogP contribution in [0.3, 0.4) is 0 Å². The van der Waals surface area contributed by atoms with E-state index in [0.717, 1.165) is 5.56 Å². The molecule has 0 aliphatic heterocycles. The van der Waals surface area contributed by atoms with Gasteiger partial charge < -0.3 is 20.7 Å². The van der Waals surface area contributed by atoms with E-state index in [-0.39, 0.29) is 29.8 Å². The summed E-state index contributed by atoms with van der Waals surface area (Å²) < 4.78 is 18.2. The zero-order valence-corrected chi connectivity index (χ0v) is 18.6. The minimum absolute atomic E-state index is 0. The number of nitrogens with zero attached hydrogens (tertiary/aromatic N) is 1. The van der Waals surface area contributed by atoms with Gasteiger partial charge in [-0.2, -0.15) is 0 Å². The lowest BCUT2D eigenvalue weighted by molar-refractivity contribution is 0.0474. The number of aliphatic imine (C=N–C) groups is 1. The van der Waals surface area contributed by atoms with Crippen LogP contribution in [-0.2, 0) is 11.3 Å². The fourth-order valence-corrected chi connectivity index (χ4v) is 1.94. The van der Waals surface area contributed by atoms with E-state index < -0.39 is 17.2 Å². The van der Waals surface area contributed by atoms with Crippen molar-refractivity contribution in [2.75, 3.05) is 13.6 Å². The van der Waals surface area contributed by atoms with Crippen molar-refractivity contribution < 1.29 is 13.9 Å². The summed E-state index contributed by atoms with van der Waals surface area (Å²) in [5.74, 6) is 0.324. The van der Waals surface area contributed by atoms with Gasteiger partial charge in [0.25, 0.3) is 0 Å². The summed E-state index contributed by atoms with van der Waals surface area (Å²) >= 11 is 0. The van der Waals surface area contributed by atoms with Crippen molar-refractivity contribution in [3.63, 3.8) is 0 Å². The second kappa shape index (κ2) is 10.5. The summed E-state index contributed by atoms with van der Waals surface area (Å²) in [6.07, 6.45) is -0.464.